The standard InChI is InChI=1S/C24H28N6O6S/c1-15(31)20(32)14-29(18-10-8-16(9-11-18)22(36-2)23(34)35)12-4-7-21(33)25-17-5-3-6-19(13-17)30-24(37)26-27-28-30/h3,5-6,8-11,13,20,22,32H,4,7,12,14H2,1-2H3,(H,25,33)(H,34,35)(H,26,28,37). The second kappa shape index (κ2) is 12.9. The molecule has 4 N–H and O–H groups in total. The molecule has 3 aromatic rings. The number of Topliss-reactive ketones (excluding diaryl/α,β-unsaturated/α-hetero) is 1. The second-order valence-electron chi connectivity index (χ2n) is 8.24. The third kappa shape index (κ3) is 7.52. The summed E-state index contributed by atoms with van der Waals surface area (Å²) >= 11 is 5.10. The number of nitrogens with zero attached hydrogens (tertiary/aromatic N) is 4. The number of amides is 1. The highest BCUT2D eigenvalue weighted by atomic mass is 32.1. The molecular weight excluding hydrogens is 500 g/mol. The summed E-state index contributed by atoms with van der Waals surface area (Å²) in [5.74, 6) is -1.70. The number of carbonyl (C=O) groups is 3. The number of ether oxygens (including phenoxy) is 1. The van der Waals surface area contributed by atoms with Gasteiger partial charge in [0.15, 0.2) is 11.9 Å². The van der Waals surface area contributed by atoms with Crippen molar-refractivity contribution in [3.63, 3.8) is 0 Å². The quantitative estimate of drug-likeness (QED) is 0.242. The molecule has 0 saturated carbocycles. The van der Waals surface area contributed by atoms with Gasteiger partial charge in [0.05, 0.1) is 12.2 Å². The van der Waals surface area contributed by atoms with E-state index in [1.54, 1.807) is 53.4 Å². The van der Waals surface area contributed by atoms with Crippen LogP contribution in [0.1, 0.15) is 31.4 Å². The summed E-state index contributed by atoms with van der Waals surface area (Å²) in [5.41, 5.74) is 2.37. The molecule has 196 valence electrons. The van der Waals surface area contributed by atoms with Gasteiger partial charge in [-0.1, -0.05) is 28.5 Å². The van der Waals surface area contributed by atoms with Crippen LogP contribution in [0.5, 0.6) is 0 Å². The van der Waals surface area contributed by atoms with E-state index in [0.717, 1.165) is 0 Å². The Morgan fingerprint density at radius 1 is 1.22 bits per heavy atom. The van der Waals surface area contributed by atoms with Gasteiger partial charge in [0.2, 0.25) is 10.7 Å². The Morgan fingerprint density at radius 3 is 2.54 bits per heavy atom. The highest BCUT2D eigenvalue weighted by Crippen LogP contribution is 2.23. The molecule has 12 nitrogen and oxygen atoms in total. The van der Waals surface area contributed by atoms with Crippen LogP contribution in [0.2, 0.25) is 0 Å². The zero-order chi connectivity index (χ0) is 26.9. The van der Waals surface area contributed by atoms with E-state index in [0.29, 0.717) is 35.6 Å². The fourth-order valence-corrected chi connectivity index (χ4v) is 3.83. The molecule has 13 heteroatoms. The number of anilines is 2. The van der Waals surface area contributed by atoms with E-state index in [1.165, 1.54) is 18.7 Å². The highest BCUT2D eigenvalue weighted by molar-refractivity contribution is 7.71. The van der Waals surface area contributed by atoms with E-state index in [9.17, 15) is 24.6 Å². The zero-order valence-electron chi connectivity index (χ0n) is 20.3. The van der Waals surface area contributed by atoms with Gasteiger partial charge in [-0.3, -0.25) is 9.59 Å². The van der Waals surface area contributed by atoms with Crippen molar-refractivity contribution in [1.82, 2.24) is 20.2 Å². The molecule has 0 saturated heterocycles. The minimum absolute atomic E-state index is 0.0316. The summed E-state index contributed by atoms with van der Waals surface area (Å²) in [7, 11) is 1.31. The molecule has 1 aromatic heterocycles. The Morgan fingerprint density at radius 2 is 1.95 bits per heavy atom. The number of hydrogen-bond acceptors (Lipinski definition) is 9. The molecule has 0 fully saturated rings. The fraction of sp³-hybridized carbons (Fsp3) is 0.333. The van der Waals surface area contributed by atoms with Gasteiger partial charge in [-0.15, -0.1) is 0 Å². The van der Waals surface area contributed by atoms with Gasteiger partial charge in [-0.2, -0.15) is 5.21 Å². The number of aliphatic hydroxyl groups is 1. The number of hydrogen-bond donors (Lipinski definition) is 4. The van der Waals surface area contributed by atoms with Crippen LogP contribution in [0.15, 0.2) is 48.5 Å². The first kappa shape index (κ1) is 27.6. The lowest BCUT2D eigenvalue weighted by Gasteiger charge is -2.27. The lowest BCUT2D eigenvalue weighted by atomic mass is 10.1. The van der Waals surface area contributed by atoms with Gasteiger partial charge in [0.25, 0.3) is 0 Å². The molecule has 2 atom stereocenters. The number of H-pyrrole nitrogens is 1. The molecule has 2 aromatic carbocycles. The molecule has 0 bridgehead atoms. The van der Waals surface area contributed by atoms with Crippen LogP contribution in [0.4, 0.5) is 11.4 Å². The summed E-state index contributed by atoms with van der Waals surface area (Å²) in [6, 6.07) is 13.7. The summed E-state index contributed by atoms with van der Waals surface area (Å²) in [6.45, 7) is 1.71. The molecule has 2 unspecified atom stereocenters. The van der Waals surface area contributed by atoms with Crippen LogP contribution in [-0.4, -0.2) is 74.4 Å². The van der Waals surface area contributed by atoms with Crippen molar-refractivity contribution in [2.24, 2.45) is 0 Å². The predicted molar refractivity (Wildman–Crippen MR) is 137 cm³/mol. The summed E-state index contributed by atoms with van der Waals surface area (Å²) < 4.78 is 6.77. The molecule has 0 spiro atoms. The van der Waals surface area contributed by atoms with Crippen LogP contribution in [0.25, 0.3) is 5.69 Å². The van der Waals surface area contributed by atoms with E-state index in [2.05, 4.69) is 20.8 Å². The third-order valence-electron chi connectivity index (χ3n) is 5.58. The smallest absolute Gasteiger partial charge is 0.337 e. The van der Waals surface area contributed by atoms with Gasteiger partial charge >= 0.3 is 5.97 Å². The Hall–Kier alpha value is -3.94. The van der Waals surface area contributed by atoms with Crippen molar-refractivity contribution in [3.05, 3.63) is 58.9 Å². The number of rotatable bonds is 13. The Kier molecular flexibility index (Phi) is 9.60. The molecule has 0 aliphatic rings. The number of ketones is 1. The highest BCUT2D eigenvalue weighted by Gasteiger charge is 2.20. The van der Waals surface area contributed by atoms with E-state index in [4.69, 9.17) is 17.0 Å². The Labute approximate surface area is 217 Å². The van der Waals surface area contributed by atoms with Crippen molar-refractivity contribution < 1.29 is 29.3 Å². The average Bonchev–Trinajstić information content (AvgIpc) is 3.30. The van der Waals surface area contributed by atoms with Crippen LogP contribution in [0.3, 0.4) is 0 Å². The van der Waals surface area contributed by atoms with Gasteiger partial charge in [-0.05, 0) is 61.5 Å². The zero-order valence-corrected chi connectivity index (χ0v) is 21.1. The average molecular weight is 529 g/mol. The molecule has 1 heterocycles. The minimum Gasteiger partial charge on any atom is -0.479 e. The summed E-state index contributed by atoms with van der Waals surface area (Å²) in [4.78, 5) is 37.3. The van der Waals surface area contributed by atoms with Crippen LogP contribution in [0, 0.1) is 4.77 Å². The number of nitrogens with one attached hydrogen (secondary N) is 2. The summed E-state index contributed by atoms with van der Waals surface area (Å²) in [6.07, 6.45) is -1.69. The number of carbonyl (C=O) groups excluding carboxylic acids is 2. The fourth-order valence-electron chi connectivity index (χ4n) is 3.64. The maximum atomic E-state index is 12.6. The molecule has 3 rings (SSSR count). The lowest BCUT2D eigenvalue weighted by Crippen LogP contribution is -2.37. The molecule has 1 amide bonds. The molecular formula is C24H28N6O6S. The number of tetrazole rings is 1. The lowest BCUT2D eigenvalue weighted by molar-refractivity contribution is -0.148. The van der Waals surface area contributed by atoms with Crippen molar-refractivity contribution in [3.8, 4) is 5.69 Å². The van der Waals surface area contributed by atoms with Crippen LogP contribution >= 0.6 is 12.2 Å². The molecule has 37 heavy (non-hydrogen) atoms. The third-order valence-corrected chi connectivity index (χ3v) is 5.84. The Bertz CT molecular complexity index is 1290. The number of aromatic amines is 1. The van der Waals surface area contributed by atoms with E-state index in [-0.39, 0.29) is 29.4 Å². The van der Waals surface area contributed by atoms with Crippen molar-refractivity contribution in [2.45, 2.75) is 32.0 Å². The van der Waals surface area contributed by atoms with E-state index in [1.807, 2.05) is 0 Å². The van der Waals surface area contributed by atoms with E-state index < -0.39 is 18.2 Å². The molecule has 0 aliphatic heterocycles. The summed E-state index contributed by atoms with van der Waals surface area (Å²) in [5, 5.41) is 32.3. The number of methoxy groups -OCH3 is 1. The first-order chi connectivity index (χ1) is 17.7. The van der Waals surface area contributed by atoms with Gasteiger partial charge in [-0.25, -0.2) is 9.48 Å². The number of aliphatic hydroxyl groups excluding tert-OH is 1. The first-order valence-corrected chi connectivity index (χ1v) is 11.8. The first-order valence-electron chi connectivity index (χ1n) is 11.4. The second-order valence-corrected chi connectivity index (χ2v) is 8.60. The van der Waals surface area contributed by atoms with Crippen molar-refractivity contribution in [2.75, 3.05) is 30.4 Å². The number of carboxylic acids is 1. The number of aromatic nitrogens is 4. The molecule has 0 radical (unpaired) electrons. The largest absolute Gasteiger partial charge is 0.479 e. The van der Waals surface area contributed by atoms with Crippen molar-refractivity contribution >= 4 is 41.3 Å². The normalized spacial score (nSPS) is 12.5. The van der Waals surface area contributed by atoms with E-state index >= 15 is 0 Å². The topological polar surface area (TPSA) is 163 Å². The Balaban J connectivity index is 1.64. The maximum Gasteiger partial charge on any atom is 0.337 e. The minimum atomic E-state index is -1.20. The van der Waals surface area contributed by atoms with Crippen molar-refractivity contribution in [1.29, 1.82) is 0 Å². The predicted octanol–water partition coefficient (Wildman–Crippen LogP) is 2.27. The monoisotopic (exact) mass is 528 g/mol. The van der Waals surface area contributed by atoms with Gasteiger partial charge < -0.3 is 25.2 Å². The van der Waals surface area contributed by atoms with Crippen LogP contribution < -0.4 is 10.2 Å². The SMILES string of the molecule is COC(C(=O)O)c1ccc(N(CCCC(=O)Nc2cccc(-n3[nH]nnc3=S)c2)CC(O)C(C)=O)cc1. The van der Waals surface area contributed by atoms with Crippen LogP contribution in [-0.2, 0) is 19.1 Å². The molecule has 0 aliphatic carbocycles. The number of carboxylic acid groups (broad SMARTS) is 1. The number of aliphatic carboxylic acids is 1. The van der Waals surface area contributed by atoms with Gasteiger partial charge in [0, 0.05) is 31.5 Å². The number of benzene rings is 2. The maximum absolute atomic E-state index is 12.6. The van der Waals surface area contributed by atoms with Gasteiger partial charge in [0.1, 0.15) is 6.10 Å².